The highest BCUT2D eigenvalue weighted by atomic mass is 16.5. The van der Waals surface area contributed by atoms with Gasteiger partial charge in [-0.15, -0.1) is 0 Å². The molecule has 0 atom stereocenters. The Morgan fingerprint density at radius 3 is 2.51 bits per heavy atom. The van der Waals surface area contributed by atoms with Crippen molar-refractivity contribution in [2.24, 2.45) is 5.92 Å². The molecule has 0 aliphatic carbocycles. The van der Waals surface area contributed by atoms with Gasteiger partial charge in [0.15, 0.2) is 11.6 Å². The zero-order chi connectivity index (χ0) is 24.0. The molecule has 35 heavy (non-hydrogen) atoms. The highest BCUT2D eigenvalue weighted by molar-refractivity contribution is 6.07. The Balaban J connectivity index is 1.20. The van der Waals surface area contributed by atoms with E-state index in [1.807, 2.05) is 59.5 Å². The Morgan fingerprint density at radius 2 is 1.69 bits per heavy atom. The Labute approximate surface area is 203 Å². The smallest absolute Gasteiger partial charge is 0.254 e. The molecule has 3 heterocycles. The summed E-state index contributed by atoms with van der Waals surface area (Å²) in [6, 6.07) is 21.0. The van der Waals surface area contributed by atoms with Gasteiger partial charge < -0.3 is 15.0 Å². The molecule has 1 fully saturated rings. The van der Waals surface area contributed by atoms with Crippen molar-refractivity contribution in [2.75, 3.05) is 18.4 Å². The molecule has 0 bridgehead atoms. The summed E-state index contributed by atoms with van der Waals surface area (Å²) < 4.78 is 5.89. The van der Waals surface area contributed by atoms with Gasteiger partial charge in [0.05, 0.1) is 0 Å². The molecule has 0 radical (unpaired) electrons. The number of benzene rings is 2. The summed E-state index contributed by atoms with van der Waals surface area (Å²) in [6.45, 7) is 1.42. The van der Waals surface area contributed by atoms with Crippen molar-refractivity contribution in [3.63, 3.8) is 0 Å². The van der Waals surface area contributed by atoms with E-state index < -0.39 is 0 Å². The van der Waals surface area contributed by atoms with Crippen LogP contribution in [0.1, 0.15) is 28.8 Å². The van der Waals surface area contributed by atoms with Crippen molar-refractivity contribution in [1.29, 1.82) is 0 Å². The molecule has 0 spiro atoms. The molecular weight excluding hydrogens is 440 g/mol. The first kappa shape index (κ1) is 22.5. The first-order chi connectivity index (χ1) is 17.2. The monoisotopic (exact) mass is 466 g/mol. The number of carbonyl (C=O) groups is 2. The molecule has 2 aromatic carbocycles. The van der Waals surface area contributed by atoms with Crippen molar-refractivity contribution in [3.8, 4) is 5.75 Å². The van der Waals surface area contributed by atoms with Crippen LogP contribution in [-0.2, 0) is 11.4 Å². The van der Waals surface area contributed by atoms with Gasteiger partial charge in [0.25, 0.3) is 5.91 Å². The first-order valence-corrected chi connectivity index (χ1v) is 11.7. The average molecular weight is 467 g/mol. The highest BCUT2D eigenvalue weighted by Crippen LogP contribution is 2.27. The zero-order valence-corrected chi connectivity index (χ0v) is 19.3. The minimum absolute atomic E-state index is 0.0113. The van der Waals surface area contributed by atoms with Gasteiger partial charge in [-0.1, -0.05) is 36.4 Å². The SMILES string of the molecule is O=C(Nc1ncccc1OCc1ccncc1)C1CCN(C(=O)c2cccc3ccccc23)CC1. The third kappa shape index (κ3) is 5.14. The van der Waals surface area contributed by atoms with Crippen LogP contribution in [0.5, 0.6) is 5.75 Å². The summed E-state index contributed by atoms with van der Waals surface area (Å²) in [5.74, 6) is 0.635. The Hall–Kier alpha value is -4.26. The second-order valence-corrected chi connectivity index (χ2v) is 8.58. The molecule has 176 valence electrons. The van der Waals surface area contributed by atoms with E-state index in [0.29, 0.717) is 49.7 Å². The molecule has 7 nitrogen and oxygen atoms in total. The number of fused-ring (bicyclic) bond motifs is 1. The van der Waals surface area contributed by atoms with E-state index in [9.17, 15) is 9.59 Å². The van der Waals surface area contributed by atoms with Crippen molar-refractivity contribution >= 4 is 28.4 Å². The van der Waals surface area contributed by atoms with Gasteiger partial charge in [-0.25, -0.2) is 4.98 Å². The average Bonchev–Trinajstić information content (AvgIpc) is 2.92. The maximum Gasteiger partial charge on any atom is 0.254 e. The third-order valence-electron chi connectivity index (χ3n) is 6.33. The van der Waals surface area contributed by atoms with Crippen LogP contribution in [0.4, 0.5) is 5.82 Å². The van der Waals surface area contributed by atoms with Gasteiger partial charge in [0.2, 0.25) is 5.91 Å². The largest absolute Gasteiger partial charge is 0.485 e. The van der Waals surface area contributed by atoms with E-state index >= 15 is 0 Å². The second kappa shape index (κ2) is 10.3. The molecule has 7 heteroatoms. The van der Waals surface area contributed by atoms with Crippen LogP contribution >= 0.6 is 0 Å². The number of rotatable bonds is 6. The lowest BCUT2D eigenvalue weighted by molar-refractivity contribution is -0.121. The fourth-order valence-corrected chi connectivity index (χ4v) is 4.39. The Kier molecular flexibility index (Phi) is 6.66. The summed E-state index contributed by atoms with van der Waals surface area (Å²) in [7, 11) is 0. The molecule has 5 rings (SSSR count). The van der Waals surface area contributed by atoms with Gasteiger partial charge in [-0.05, 0) is 59.5 Å². The summed E-state index contributed by atoms with van der Waals surface area (Å²) in [5, 5.41) is 4.92. The molecule has 1 aliphatic rings. The zero-order valence-electron chi connectivity index (χ0n) is 19.3. The molecule has 0 saturated carbocycles. The number of nitrogens with zero attached hydrogens (tertiary/aromatic N) is 3. The normalized spacial score (nSPS) is 14.0. The molecule has 1 N–H and O–H groups in total. The van der Waals surface area contributed by atoms with Gasteiger partial charge in [0.1, 0.15) is 6.61 Å². The summed E-state index contributed by atoms with van der Waals surface area (Å²) in [5.41, 5.74) is 1.68. The van der Waals surface area contributed by atoms with Crippen LogP contribution in [0.2, 0.25) is 0 Å². The highest BCUT2D eigenvalue weighted by Gasteiger charge is 2.29. The molecule has 2 aromatic heterocycles. The molecular formula is C28H26N4O3. The number of amides is 2. The lowest BCUT2D eigenvalue weighted by atomic mass is 9.95. The van der Waals surface area contributed by atoms with Crippen LogP contribution in [0, 0.1) is 5.92 Å². The Morgan fingerprint density at radius 1 is 0.914 bits per heavy atom. The fourth-order valence-electron chi connectivity index (χ4n) is 4.39. The molecule has 1 saturated heterocycles. The van der Waals surface area contributed by atoms with Crippen molar-refractivity contribution in [1.82, 2.24) is 14.9 Å². The number of pyridine rings is 2. The lowest BCUT2D eigenvalue weighted by Gasteiger charge is -2.31. The quantitative estimate of drug-likeness (QED) is 0.445. The number of ether oxygens (including phenoxy) is 1. The predicted molar refractivity (Wildman–Crippen MR) is 134 cm³/mol. The summed E-state index contributed by atoms with van der Waals surface area (Å²) in [4.78, 5) is 36.4. The van der Waals surface area contributed by atoms with Gasteiger partial charge in [-0.2, -0.15) is 0 Å². The van der Waals surface area contributed by atoms with E-state index in [2.05, 4.69) is 15.3 Å². The molecule has 4 aromatic rings. The lowest BCUT2D eigenvalue weighted by Crippen LogP contribution is -2.41. The number of hydrogen-bond acceptors (Lipinski definition) is 5. The second-order valence-electron chi connectivity index (χ2n) is 8.58. The van der Waals surface area contributed by atoms with Crippen LogP contribution in [0.3, 0.4) is 0 Å². The minimum atomic E-state index is -0.193. The summed E-state index contributed by atoms with van der Waals surface area (Å²) >= 11 is 0. The van der Waals surface area contributed by atoms with E-state index in [1.54, 1.807) is 30.7 Å². The Bertz CT molecular complexity index is 1330. The number of anilines is 1. The van der Waals surface area contributed by atoms with Crippen molar-refractivity contribution < 1.29 is 14.3 Å². The van der Waals surface area contributed by atoms with Crippen molar-refractivity contribution in [3.05, 3.63) is 96.4 Å². The van der Waals surface area contributed by atoms with E-state index in [1.165, 1.54) is 0 Å². The van der Waals surface area contributed by atoms with Crippen LogP contribution < -0.4 is 10.1 Å². The predicted octanol–water partition coefficient (Wildman–Crippen LogP) is 4.70. The van der Waals surface area contributed by atoms with Gasteiger partial charge >= 0.3 is 0 Å². The van der Waals surface area contributed by atoms with Crippen LogP contribution in [0.25, 0.3) is 10.8 Å². The topological polar surface area (TPSA) is 84.4 Å². The van der Waals surface area contributed by atoms with Gasteiger partial charge in [-0.3, -0.25) is 14.6 Å². The number of carbonyl (C=O) groups excluding carboxylic acids is 2. The van der Waals surface area contributed by atoms with Crippen LogP contribution in [0.15, 0.2) is 85.3 Å². The van der Waals surface area contributed by atoms with E-state index in [0.717, 1.165) is 16.3 Å². The van der Waals surface area contributed by atoms with E-state index in [-0.39, 0.29) is 17.7 Å². The van der Waals surface area contributed by atoms with E-state index in [4.69, 9.17) is 4.74 Å². The standard InChI is InChI=1S/C28H26N4O3/c33-27(31-26-25(9-4-14-30-26)35-19-20-10-15-29-16-11-20)22-12-17-32(18-13-22)28(34)24-8-3-6-21-5-1-2-7-23(21)24/h1-11,14-16,22H,12-13,17-19H2,(H,30,31,33). The van der Waals surface area contributed by atoms with Gasteiger partial charge in [0, 0.05) is 43.2 Å². The molecule has 0 unspecified atom stereocenters. The molecule has 1 aliphatic heterocycles. The summed E-state index contributed by atoms with van der Waals surface area (Å²) in [6.07, 6.45) is 6.25. The third-order valence-corrected chi connectivity index (χ3v) is 6.33. The maximum absolute atomic E-state index is 13.2. The number of piperidine rings is 1. The van der Waals surface area contributed by atoms with Crippen LogP contribution in [-0.4, -0.2) is 39.8 Å². The first-order valence-electron chi connectivity index (χ1n) is 11.7. The number of nitrogens with one attached hydrogen (secondary N) is 1. The maximum atomic E-state index is 13.2. The number of likely N-dealkylation sites (tertiary alicyclic amines) is 1. The number of aromatic nitrogens is 2. The molecule has 2 amide bonds. The fraction of sp³-hybridized carbons (Fsp3) is 0.214. The minimum Gasteiger partial charge on any atom is -0.485 e. The number of hydrogen-bond donors (Lipinski definition) is 1. The van der Waals surface area contributed by atoms with Crippen molar-refractivity contribution in [2.45, 2.75) is 19.4 Å².